The van der Waals surface area contributed by atoms with Gasteiger partial charge in [-0.15, -0.1) is 0 Å². The lowest BCUT2D eigenvalue weighted by molar-refractivity contribution is 0.147. The van der Waals surface area contributed by atoms with Crippen LogP contribution in [0.1, 0.15) is 41.8 Å². The van der Waals surface area contributed by atoms with Crippen LogP contribution in [0.3, 0.4) is 0 Å². The quantitative estimate of drug-likeness (QED) is 0.256. The Morgan fingerprint density at radius 1 is 1.11 bits per heavy atom. The minimum atomic E-state index is -2.80. The first kappa shape index (κ1) is 23.9. The molecule has 0 radical (unpaired) electrons. The van der Waals surface area contributed by atoms with Gasteiger partial charge in [0.2, 0.25) is 0 Å². The Labute approximate surface area is 210 Å². The van der Waals surface area contributed by atoms with Gasteiger partial charge >= 0.3 is 0 Å². The third-order valence-electron chi connectivity index (χ3n) is 6.21. The molecule has 1 atom stereocenters. The molecule has 0 saturated carbocycles. The summed E-state index contributed by atoms with van der Waals surface area (Å²) in [5, 5.41) is 8.84. The molecule has 3 heterocycles. The number of benzene rings is 2. The van der Waals surface area contributed by atoms with E-state index in [2.05, 4.69) is 15.4 Å². The molecule has 3 aromatic heterocycles. The summed E-state index contributed by atoms with van der Waals surface area (Å²) in [6, 6.07) is 11.8. The Bertz CT molecular complexity index is 1690. The molecule has 0 unspecified atom stereocenters. The van der Waals surface area contributed by atoms with Crippen molar-refractivity contribution in [2.24, 2.45) is 7.05 Å². The second kappa shape index (κ2) is 9.02. The van der Waals surface area contributed by atoms with Gasteiger partial charge in [-0.1, -0.05) is 17.7 Å². The molecule has 0 saturated heterocycles. The van der Waals surface area contributed by atoms with Gasteiger partial charge in [-0.25, -0.2) is 13.8 Å². The molecule has 0 fully saturated rings. The number of aryl methyl sites for hydroxylation is 2. The second-order valence-electron chi connectivity index (χ2n) is 8.93. The van der Waals surface area contributed by atoms with Gasteiger partial charge in [0, 0.05) is 35.3 Å². The topological polar surface area (TPSA) is 73.0 Å². The first-order valence-electron chi connectivity index (χ1n) is 11.3. The van der Waals surface area contributed by atoms with E-state index in [9.17, 15) is 13.6 Å². The van der Waals surface area contributed by atoms with Crippen molar-refractivity contribution >= 4 is 39.2 Å². The third-order valence-corrected chi connectivity index (χ3v) is 6.42. The molecule has 9 heteroatoms. The highest BCUT2D eigenvalue weighted by Gasteiger charge is 2.22. The van der Waals surface area contributed by atoms with Gasteiger partial charge in [0.05, 0.1) is 22.6 Å². The predicted octanol–water partition coefficient (Wildman–Crippen LogP) is 7.12. The Morgan fingerprint density at radius 2 is 1.89 bits per heavy atom. The average Bonchev–Trinajstić information content (AvgIpc) is 3.21. The fraction of sp³-hybridized carbons (Fsp3) is 0.222. The van der Waals surface area contributed by atoms with Gasteiger partial charge in [-0.3, -0.25) is 9.48 Å². The van der Waals surface area contributed by atoms with E-state index in [1.807, 2.05) is 51.4 Å². The van der Waals surface area contributed by atoms with Gasteiger partial charge in [-0.2, -0.15) is 5.10 Å². The van der Waals surface area contributed by atoms with Crippen molar-refractivity contribution in [3.8, 4) is 11.3 Å². The van der Waals surface area contributed by atoms with E-state index < -0.39 is 18.2 Å². The molecule has 184 valence electrons. The number of fused-ring (bicyclic) bond motifs is 2. The highest BCUT2D eigenvalue weighted by atomic mass is 35.5. The number of hydrogen-bond acceptors (Lipinski definition) is 5. The minimum Gasteiger partial charge on any atom is -0.455 e. The Balaban J connectivity index is 1.66. The van der Waals surface area contributed by atoms with Crippen LogP contribution in [-0.2, 0) is 7.05 Å². The van der Waals surface area contributed by atoms with Crippen molar-refractivity contribution in [3.05, 3.63) is 86.4 Å². The highest BCUT2D eigenvalue weighted by Crippen LogP contribution is 2.35. The zero-order chi connectivity index (χ0) is 25.7. The molecule has 0 amide bonds. The van der Waals surface area contributed by atoms with Crippen LogP contribution in [0, 0.1) is 13.8 Å². The normalized spacial score (nSPS) is 12.6. The fourth-order valence-electron chi connectivity index (χ4n) is 4.50. The predicted molar refractivity (Wildman–Crippen MR) is 138 cm³/mol. The van der Waals surface area contributed by atoms with Crippen molar-refractivity contribution in [2.45, 2.75) is 33.2 Å². The second-order valence-corrected chi connectivity index (χ2v) is 9.31. The van der Waals surface area contributed by atoms with E-state index >= 15 is 0 Å². The van der Waals surface area contributed by atoms with E-state index in [1.165, 1.54) is 12.1 Å². The standard InChI is InChI=1S/C27H23ClF2N4O2/c1-13-9-18(15(3)31-21-7-8-22(28)32-23(21)27(29)30)26-19(10-13)24(35)14(2)25(36-26)16-5-6-20-17(11-16)12-34(4)33-20/h5-12,15,27,31H,1-4H3/t15-/m1/s1. The lowest BCUT2D eigenvalue weighted by atomic mass is 9.98. The number of rotatable bonds is 5. The van der Waals surface area contributed by atoms with Crippen LogP contribution in [0.2, 0.25) is 5.15 Å². The number of halogens is 3. The van der Waals surface area contributed by atoms with Gasteiger partial charge in [0.15, 0.2) is 5.43 Å². The van der Waals surface area contributed by atoms with Crippen LogP contribution in [0.4, 0.5) is 14.5 Å². The van der Waals surface area contributed by atoms with E-state index in [1.54, 1.807) is 17.7 Å². The van der Waals surface area contributed by atoms with Crippen molar-refractivity contribution in [1.82, 2.24) is 14.8 Å². The monoisotopic (exact) mass is 508 g/mol. The van der Waals surface area contributed by atoms with Crippen LogP contribution in [0.25, 0.3) is 33.2 Å². The number of alkyl halides is 2. The lowest BCUT2D eigenvalue weighted by Crippen LogP contribution is -2.13. The van der Waals surface area contributed by atoms with Crippen molar-refractivity contribution < 1.29 is 13.2 Å². The maximum Gasteiger partial charge on any atom is 0.282 e. The average molecular weight is 509 g/mol. The minimum absolute atomic E-state index is 0.0128. The largest absolute Gasteiger partial charge is 0.455 e. The molecule has 1 N–H and O–H groups in total. The maximum atomic E-state index is 13.6. The Hall–Kier alpha value is -3.78. The molecule has 36 heavy (non-hydrogen) atoms. The van der Waals surface area contributed by atoms with Crippen molar-refractivity contribution in [3.63, 3.8) is 0 Å². The molecule has 5 aromatic rings. The first-order valence-corrected chi connectivity index (χ1v) is 11.7. The number of hydrogen-bond donors (Lipinski definition) is 1. The van der Waals surface area contributed by atoms with E-state index in [0.29, 0.717) is 27.9 Å². The molecular formula is C27H23ClF2N4O2. The summed E-state index contributed by atoms with van der Waals surface area (Å²) < 4.78 is 35.3. The molecule has 0 aliphatic heterocycles. The molecule has 5 rings (SSSR count). The van der Waals surface area contributed by atoms with Gasteiger partial charge in [0.1, 0.15) is 22.2 Å². The third kappa shape index (κ3) is 4.22. The fourth-order valence-corrected chi connectivity index (χ4v) is 4.66. The van der Waals surface area contributed by atoms with Crippen LogP contribution in [0.15, 0.2) is 57.9 Å². The van der Waals surface area contributed by atoms with Gasteiger partial charge in [0.25, 0.3) is 6.43 Å². The number of nitrogens with zero attached hydrogens (tertiary/aromatic N) is 3. The molecule has 0 spiro atoms. The summed E-state index contributed by atoms with van der Waals surface area (Å²) >= 11 is 5.83. The molecule has 0 aliphatic rings. The summed E-state index contributed by atoms with van der Waals surface area (Å²) in [5.74, 6) is 0.456. The van der Waals surface area contributed by atoms with Crippen LogP contribution in [-0.4, -0.2) is 14.8 Å². The Kier molecular flexibility index (Phi) is 6.00. The summed E-state index contributed by atoms with van der Waals surface area (Å²) in [4.78, 5) is 17.2. The van der Waals surface area contributed by atoms with Gasteiger partial charge in [-0.05, 0) is 62.7 Å². The lowest BCUT2D eigenvalue weighted by Gasteiger charge is -2.20. The van der Waals surface area contributed by atoms with E-state index in [4.69, 9.17) is 16.0 Å². The zero-order valence-electron chi connectivity index (χ0n) is 20.1. The number of aromatic nitrogens is 3. The van der Waals surface area contributed by atoms with Crippen molar-refractivity contribution in [1.29, 1.82) is 0 Å². The zero-order valence-corrected chi connectivity index (χ0v) is 20.8. The number of anilines is 1. The summed E-state index contributed by atoms with van der Waals surface area (Å²) in [6.07, 6.45) is -0.906. The number of nitrogens with one attached hydrogen (secondary N) is 1. The van der Waals surface area contributed by atoms with Crippen LogP contribution < -0.4 is 10.7 Å². The summed E-state index contributed by atoms with van der Waals surface area (Å²) in [7, 11) is 1.85. The molecule has 0 bridgehead atoms. The van der Waals surface area contributed by atoms with E-state index in [0.717, 1.165) is 22.0 Å². The van der Waals surface area contributed by atoms with Crippen LogP contribution in [0.5, 0.6) is 0 Å². The molecule has 2 aromatic carbocycles. The summed E-state index contributed by atoms with van der Waals surface area (Å²) in [5.41, 5.74) is 3.58. The van der Waals surface area contributed by atoms with Crippen LogP contribution >= 0.6 is 11.6 Å². The van der Waals surface area contributed by atoms with Gasteiger partial charge < -0.3 is 9.73 Å². The first-order chi connectivity index (χ1) is 17.1. The smallest absolute Gasteiger partial charge is 0.282 e. The highest BCUT2D eigenvalue weighted by molar-refractivity contribution is 6.29. The molecule has 6 nitrogen and oxygen atoms in total. The Morgan fingerprint density at radius 3 is 2.64 bits per heavy atom. The van der Waals surface area contributed by atoms with Crippen molar-refractivity contribution in [2.75, 3.05) is 5.32 Å². The SMILES string of the molecule is Cc1cc([C@@H](C)Nc2ccc(Cl)nc2C(F)F)c2oc(-c3ccc4nn(C)cc4c3)c(C)c(=O)c2c1. The van der Waals surface area contributed by atoms with E-state index in [-0.39, 0.29) is 16.3 Å². The summed E-state index contributed by atoms with van der Waals surface area (Å²) in [6.45, 7) is 5.44. The maximum absolute atomic E-state index is 13.6. The number of pyridine rings is 1. The molecule has 0 aliphatic carbocycles. The molecular weight excluding hydrogens is 486 g/mol.